The Kier molecular flexibility index (Phi) is 5.08. The quantitative estimate of drug-likeness (QED) is 0.824. The molecule has 0 aliphatic carbocycles. The fourth-order valence-electron chi connectivity index (χ4n) is 1.97. The molecule has 1 atom stereocenters. The number of aromatic nitrogens is 2. The van der Waals surface area contributed by atoms with Gasteiger partial charge in [-0.2, -0.15) is 5.10 Å². The van der Waals surface area contributed by atoms with Gasteiger partial charge in [0.1, 0.15) is 0 Å². The summed E-state index contributed by atoms with van der Waals surface area (Å²) in [4.78, 5) is 0. The molecule has 0 saturated carbocycles. The van der Waals surface area contributed by atoms with Gasteiger partial charge in [-0.15, -0.1) is 0 Å². The first kappa shape index (κ1) is 16.1. The van der Waals surface area contributed by atoms with Crippen molar-refractivity contribution in [1.82, 2.24) is 15.1 Å². The molecule has 0 aliphatic heterocycles. The molecule has 1 aromatic carbocycles. The van der Waals surface area contributed by atoms with Crippen molar-refractivity contribution in [2.24, 2.45) is 7.05 Å². The van der Waals surface area contributed by atoms with E-state index < -0.39 is 0 Å². The lowest BCUT2D eigenvalue weighted by atomic mass is 10.1. The lowest BCUT2D eigenvalue weighted by Gasteiger charge is -2.17. The maximum absolute atomic E-state index is 6.10. The molecule has 0 spiro atoms. The average molecular weight is 343 g/mol. The highest BCUT2D eigenvalue weighted by atomic mass is 35.5. The van der Waals surface area contributed by atoms with E-state index in [1.165, 1.54) is 0 Å². The number of benzene rings is 1. The second kappa shape index (κ2) is 6.64. The molecule has 2 rings (SSSR count). The van der Waals surface area contributed by atoms with Gasteiger partial charge in [0.25, 0.3) is 0 Å². The molecule has 21 heavy (non-hydrogen) atoms. The summed E-state index contributed by atoms with van der Waals surface area (Å²) in [6.07, 6.45) is 1.84. The van der Waals surface area contributed by atoms with Crippen LogP contribution in [0.3, 0.4) is 0 Å². The highest BCUT2D eigenvalue weighted by Crippen LogP contribution is 2.25. The summed E-state index contributed by atoms with van der Waals surface area (Å²) >= 11 is 17.4. The summed E-state index contributed by atoms with van der Waals surface area (Å²) in [6, 6.07) is 5.23. The molecule has 1 aromatic heterocycles. The first-order valence-electron chi connectivity index (χ1n) is 6.39. The number of hydrogen-bond acceptors (Lipinski definition) is 2. The van der Waals surface area contributed by atoms with Crippen molar-refractivity contribution in [3.05, 3.63) is 45.7 Å². The molecule has 0 amide bonds. The molecule has 0 radical (unpaired) electrons. The molecule has 2 aromatic rings. The van der Waals surface area contributed by atoms with E-state index in [1.54, 1.807) is 18.2 Å². The lowest BCUT2D eigenvalue weighted by molar-refractivity contribution is 0.701. The number of nitrogens with zero attached hydrogens (tertiary/aromatic N) is 2. The molecule has 1 heterocycles. The fourth-order valence-corrected chi connectivity index (χ4v) is 2.59. The van der Waals surface area contributed by atoms with Crippen LogP contribution >= 0.6 is 35.4 Å². The van der Waals surface area contributed by atoms with Gasteiger partial charge >= 0.3 is 0 Å². The smallest absolute Gasteiger partial charge is 0.171 e. The minimum absolute atomic E-state index is 0.0386. The van der Waals surface area contributed by atoms with Crippen LogP contribution in [0.2, 0.25) is 10.0 Å². The molecule has 7 heteroatoms. The van der Waals surface area contributed by atoms with Crippen molar-refractivity contribution in [1.29, 1.82) is 0 Å². The summed E-state index contributed by atoms with van der Waals surface area (Å²) in [7, 11) is 1.91. The molecule has 1 unspecified atom stereocenters. The standard InChI is InChI=1S/C14H16Cl2N4S/c1-8(11-7-17-20(3)9(11)2)18-14(21)19-13-6-10(15)4-5-12(13)16/h4-8H,1-3H3,(H2,18,19,21). The zero-order valence-electron chi connectivity index (χ0n) is 11.9. The van der Waals surface area contributed by atoms with Gasteiger partial charge in [-0.25, -0.2) is 0 Å². The zero-order valence-corrected chi connectivity index (χ0v) is 14.3. The second-order valence-electron chi connectivity index (χ2n) is 4.75. The maximum atomic E-state index is 6.10. The zero-order chi connectivity index (χ0) is 15.6. The van der Waals surface area contributed by atoms with Crippen molar-refractivity contribution in [2.45, 2.75) is 19.9 Å². The first-order chi connectivity index (χ1) is 9.88. The summed E-state index contributed by atoms with van der Waals surface area (Å²) < 4.78 is 1.83. The van der Waals surface area contributed by atoms with Crippen molar-refractivity contribution in [2.75, 3.05) is 5.32 Å². The van der Waals surface area contributed by atoms with Crippen LogP contribution in [0, 0.1) is 6.92 Å². The summed E-state index contributed by atoms with van der Waals surface area (Å²) in [5.74, 6) is 0. The van der Waals surface area contributed by atoms with Crippen molar-refractivity contribution < 1.29 is 0 Å². The fraction of sp³-hybridized carbons (Fsp3) is 0.286. The maximum Gasteiger partial charge on any atom is 0.171 e. The van der Waals surface area contributed by atoms with E-state index in [0.717, 1.165) is 11.3 Å². The van der Waals surface area contributed by atoms with Gasteiger partial charge in [0.15, 0.2) is 5.11 Å². The number of hydrogen-bond donors (Lipinski definition) is 2. The van der Waals surface area contributed by atoms with Gasteiger partial charge < -0.3 is 10.6 Å². The highest BCUT2D eigenvalue weighted by molar-refractivity contribution is 7.80. The van der Waals surface area contributed by atoms with Crippen LogP contribution in [0.4, 0.5) is 5.69 Å². The van der Waals surface area contributed by atoms with Gasteiger partial charge in [-0.1, -0.05) is 23.2 Å². The van der Waals surface area contributed by atoms with Crippen LogP contribution in [0.15, 0.2) is 24.4 Å². The summed E-state index contributed by atoms with van der Waals surface area (Å²) in [6.45, 7) is 4.04. The number of thiocarbonyl (C=S) groups is 1. The summed E-state index contributed by atoms with van der Waals surface area (Å²) in [5, 5.41) is 12.1. The van der Waals surface area contributed by atoms with E-state index in [9.17, 15) is 0 Å². The number of aryl methyl sites for hydroxylation is 1. The van der Waals surface area contributed by atoms with Crippen molar-refractivity contribution >= 4 is 46.2 Å². The Hall–Kier alpha value is -1.30. The van der Waals surface area contributed by atoms with Gasteiger partial charge in [0.05, 0.1) is 22.9 Å². The molecule has 2 N–H and O–H groups in total. The predicted molar refractivity (Wildman–Crippen MR) is 92.2 cm³/mol. The SMILES string of the molecule is Cc1c(C(C)NC(=S)Nc2cc(Cl)ccc2Cl)cnn1C. The van der Waals surface area contributed by atoms with E-state index in [0.29, 0.717) is 20.8 Å². The molecular weight excluding hydrogens is 327 g/mol. The molecule has 0 aliphatic rings. The van der Waals surface area contributed by atoms with Gasteiger partial charge in [-0.05, 0) is 44.3 Å². The lowest BCUT2D eigenvalue weighted by Crippen LogP contribution is -2.31. The number of nitrogens with one attached hydrogen (secondary N) is 2. The number of halogens is 2. The first-order valence-corrected chi connectivity index (χ1v) is 7.56. The van der Waals surface area contributed by atoms with Gasteiger partial charge in [0, 0.05) is 23.3 Å². The van der Waals surface area contributed by atoms with Crippen LogP contribution in [0.1, 0.15) is 24.2 Å². The molecular formula is C14H16Cl2N4S. The topological polar surface area (TPSA) is 41.9 Å². The minimum Gasteiger partial charge on any atom is -0.356 e. The van der Waals surface area contributed by atoms with E-state index >= 15 is 0 Å². The monoisotopic (exact) mass is 342 g/mol. The van der Waals surface area contributed by atoms with Crippen LogP contribution < -0.4 is 10.6 Å². The molecule has 0 bridgehead atoms. The minimum atomic E-state index is 0.0386. The average Bonchev–Trinajstić information content (AvgIpc) is 2.74. The Balaban J connectivity index is 2.05. The van der Waals surface area contributed by atoms with Crippen LogP contribution in [0.25, 0.3) is 0 Å². The van der Waals surface area contributed by atoms with Gasteiger partial charge in [-0.3, -0.25) is 4.68 Å². The molecule has 0 fully saturated rings. The number of rotatable bonds is 3. The van der Waals surface area contributed by atoms with Crippen LogP contribution in [0.5, 0.6) is 0 Å². The summed E-state index contributed by atoms with van der Waals surface area (Å²) in [5.41, 5.74) is 2.87. The van der Waals surface area contributed by atoms with E-state index in [-0.39, 0.29) is 6.04 Å². The Labute approximate surface area is 139 Å². The van der Waals surface area contributed by atoms with E-state index in [2.05, 4.69) is 15.7 Å². The largest absolute Gasteiger partial charge is 0.356 e. The Morgan fingerprint density at radius 1 is 1.38 bits per heavy atom. The van der Waals surface area contributed by atoms with E-state index in [4.69, 9.17) is 35.4 Å². The predicted octanol–water partition coefficient (Wildman–Crippen LogP) is 4.08. The van der Waals surface area contributed by atoms with Crippen molar-refractivity contribution in [3.63, 3.8) is 0 Å². The third-order valence-electron chi connectivity index (χ3n) is 3.26. The van der Waals surface area contributed by atoms with Crippen LogP contribution in [-0.2, 0) is 7.05 Å². The van der Waals surface area contributed by atoms with Crippen molar-refractivity contribution in [3.8, 4) is 0 Å². The molecule has 4 nitrogen and oxygen atoms in total. The van der Waals surface area contributed by atoms with Gasteiger partial charge in [0.2, 0.25) is 0 Å². The normalized spacial score (nSPS) is 12.0. The Morgan fingerprint density at radius 2 is 2.10 bits per heavy atom. The number of anilines is 1. The third-order valence-corrected chi connectivity index (χ3v) is 4.05. The molecule has 0 saturated heterocycles. The Bertz CT molecular complexity index is 669. The van der Waals surface area contributed by atoms with E-state index in [1.807, 2.05) is 31.8 Å². The Morgan fingerprint density at radius 3 is 2.71 bits per heavy atom. The molecule has 112 valence electrons. The second-order valence-corrected chi connectivity index (χ2v) is 6.01. The highest BCUT2D eigenvalue weighted by Gasteiger charge is 2.13. The van der Waals surface area contributed by atoms with Crippen LogP contribution in [-0.4, -0.2) is 14.9 Å². The third kappa shape index (κ3) is 3.87.